The number of carbonyl (C=O) groups excluding carboxylic acids is 1. The van der Waals surface area contributed by atoms with Gasteiger partial charge in [-0.2, -0.15) is 5.26 Å². The first-order chi connectivity index (χ1) is 9.60. The number of nitrogens with zero attached hydrogens (tertiary/aromatic N) is 2. The highest BCUT2D eigenvalue weighted by Gasteiger charge is 2.14. The van der Waals surface area contributed by atoms with Crippen LogP contribution in [0.25, 0.3) is 0 Å². The van der Waals surface area contributed by atoms with Crippen LogP contribution in [0.2, 0.25) is 0 Å². The van der Waals surface area contributed by atoms with E-state index in [9.17, 15) is 9.18 Å². The molecule has 1 rings (SSSR count). The Balaban J connectivity index is 2.94. The fraction of sp³-hybridized carbons (Fsp3) is 0.429. The highest BCUT2D eigenvalue weighted by Crippen LogP contribution is 2.18. The van der Waals surface area contributed by atoms with Gasteiger partial charge in [-0.05, 0) is 25.1 Å². The van der Waals surface area contributed by atoms with Gasteiger partial charge in [0.2, 0.25) is 0 Å². The van der Waals surface area contributed by atoms with Gasteiger partial charge in [0.1, 0.15) is 12.4 Å². The van der Waals surface area contributed by atoms with Gasteiger partial charge in [-0.25, -0.2) is 4.39 Å². The maximum atomic E-state index is 13.5. The number of methoxy groups -OCH3 is 1. The number of anilines is 1. The summed E-state index contributed by atoms with van der Waals surface area (Å²) >= 11 is 0. The lowest BCUT2D eigenvalue weighted by atomic mass is 10.2. The Labute approximate surface area is 117 Å². The molecule has 0 saturated carbocycles. The highest BCUT2D eigenvalue weighted by molar-refractivity contribution is 5.76. The van der Waals surface area contributed by atoms with Crippen molar-refractivity contribution in [3.8, 4) is 6.07 Å². The van der Waals surface area contributed by atoms with Crippen LogP contribution in [0.5, 0.6) is 0 Å². The zero-order chi connectivity index (χ0) is 15.0. The Kier molecular flexibility index (Phi) is 6.47. The number of hydrogen-bond acceptors (Lipinski definition) is 5. The molecule has 0 bridgehead atoms. The molecule has 0 aliphatic heterocycles. The Morgan fingerprint density at radius 1 is 1.45 bits per heavy atom. The number of esters is 1. The molecule has 0 fully saturated rings. The lowest BCUT2D eigenvalue weighted by molar-refractivity contribution is -0.141. The lowest BCUT2D eigenvalue weighted by Gasteiger charge is -2.23. The molecular formula is C14H17FN2O3. The van der Waals surface area contributed by atoms with E-state index in [4.69, 9.17) is 14.7 Å². The van der Waals surface area contributed by atoms with Crippen LogP contribution in [-0.4, -0.2) is 39.4 Å². The van der Waals surface area contributed by atoms with Crippen LogP contribution in [0.4, 0.5) is 10.1 Å². The van der Waals surface area contributed by atoms with E-state index in [1.165, 1.54) is 19.2 Å². The van der Waals surface area contributed by atoms with E-state index >= 15 is 0 Å². The van der Waals surface area contributed by atoms with Gasteiger partial charge in [0, 0.05) is 19.3 Å². The minimum Gasteiger partial charge on any atom is -0.465 e. The maximum absolute atomic E-state index is 13.5. The number of nitriles is 1. The van der Waals surface area contributed by atoms with Gasteiger partial charge >= 0.3 is 5.97 Å². The van der Waals surface area contributed by atoms with Crippen molar-refractivity contribution in [2.45, 2.75) is 6.92 Å². The minimum absolute atomic E-state index is 0.0223. The number of rotatable bonds is 7. The standard InChI is InChI=1S/C14H17FN2O3/c1-3-20-14(18)10-17(4-5-19-2)13-7-11(9-16)6-12(15)8-13/h6-8H,3-5,10H2,1-2H3. The van der Waals surface area contributed by atoms with Crippen LogP contribution in [0.3, 0.4) is 0 Å². The summed E-state index contributed by atoms with van der Waals surface area (Å²) in [6, 6.07) is 5.82. The fourth-order valence-electron chi connectivity index (χ4n) is 1.68. The molecule has 20 heavy (non-hydrogen) atoms. The molecule has 0 N–H and O–H groups in total. The number of ether oxygens (including phenoxy) is 2. The Morgan fingerprint density at radius 2 is 2.20 bits per heavy atom. The molecule has 1 aromatic rings. The summed E-state index contributed by atoms with van der Waals surface area (Å²) in [7, 11) is 1.54. The number of halogens is 1. The summed E-state index contributed by atoms with van der Waals surface area (Å²) in [4.78, 5) is 13.2. The molecule has 0 aromatic heterocycles. The first-order valence-electron chi connectivity index (χ1n) is 6.21. The van der Waals surface area contributed by atoms with Crippen molar-refractivity contribution in [1.82, 2.24) is 0 Å². The highest BCUT2D eigenvalue weighted by atomic mass is 19.1. The van der Waals surface area contributed by atoms with Crippen LogP contribution in [0.15, 0.2) is 18.2 Å². The smallest absolute Gasteiger partial charge is 0.325 e. The summed E-state index contributed by atoms with van der Waals surface area (Å²) in [5.41, 5.74) is 0.651. The van der Waals surface area contributed by atoms with Gasteiger partial charge in [-0.1, -0.05) is 0 Å². The van der Waals surface area contributed by atoms with E-state index < -0.39 is 11.8 Å². The average molecular weight is 280 g/mol. The number of benzene rings is 1. The van der Waals surface area contributed by atoms with Crippen LogP contribution in [-0.2, 0) is 14.3 Å². The molecule has 5 nitrogen and oxygen atoms in total. The quantitative estimate of drug-likeness (QED) is 0.712. The van der Waals surface area contributed by atoms with Gasteiger partial charge in [-0.3, -0.25) is 4.79 Å². The van der Waals surface area contributed by atoms with Crippen molar-refractivity contribution >= 4 is 11.7 Å². The zero-order valence-corrected chi connectivity index (χ0v) is 11.6. The summed E-state index contributed by atoms with van der Waals surface area (Å²) < 4.78 is 23.3. The molecule has 0 heterocycles. The molecule has 6 heteroatoms. The second-order valence-corrected chi connectivity index (χ2v) is 4.03. The zero-order valence-electron chi connectivity index (χ0n) is 11.6. The third-order valence-electron chi connectivity index (χ3n) is 2.57. The van der Waals surface area contributed by atoms with E-state index in [0.29, 0.717) is 18.8 Å². The van der Waals surface area contributed by atoms with Crippen molar-refractivity contribution in [3.05, 3.63) is 29.6 Å². The van der Waals surface area contributed by atoms with Crippen molar-refractivity contribution in [3.63, 3.8) is 0 Å². The average Bonchev–Trinajstić information content (AvgIpc) is 2.42. The maximum Gasteiger partial charge on any atom is 0.325 e. The third kappa shape index (κ3) is 4.86. The molecule has 0 aliphatic carbocycles. The number of carbonyl (C=O) groups is 1. The molecule has 0 atom stereocenters. The lowest BCUT2D eigenvalue weighted by Crippen LogP contribution is -2.33. The van der Waals surface area contributed by atoms with Crippen LogP contribution in [0.1, 0.15) is 12.5 Å². The molecule has 0 amide bonds. The normalized spacial score (nSPS) is 9.90. The molecule has 108 valence electrons. The van der Waals surface area contributed by atoms with E-state index in [1.807, 2.05) is 6.07 Å². The van der Waals surface area contributed by atoms with Crippen molar-refractivity contribution < 1.29 is 18.7 Å². The predicted octanol–water partition coefficient (Wildman–Crippen LogP) is 1.71. The topological polar surface area (TPSA) is 62.6 Å². The Bertz CT molecular complexity index is 500. The second-order valence-electron chi connectivity index (χ2n) is 4.03. The molecule has 0 radical (unpaired) electrons. The molecule has 0 unspecified atom stereocenters. The van der Waals surface area contributed by atoms with Crippen LogP contribution < -0.4 is 4.90 Å². The molecule has 0 spiro atoms. The molecule has 0 saturated heterocycles. The van der Waals surface area contributed by atoms with Gasteiger partial charge in [-0.15, -0.1) is 0 Å². The van der Waals surface area contributed by atoms with E-state index in [2.05, 4.69) is 0 Å². The van der Waals surface area contributed by atoms with Crippen LogP contribution in [0, 0.1) is 17.1 Å². The first-order valence-corrected chi connectivity index (χ1v) is 6.21. The Morgan fingerprint density at radius 3 is 2.80 bits per heavy atom. The summed E-state index contributed by atoms with van der Waals surface area (Å²) in [5.74, 6) is -0.934. The van der Waals surface area contributed by atoms with Crippen molar-refractivity contribution in [2.75, 3.05) is 38.3 Å². The largest absolute Gasteiger partial charge is 0.465 e. The first kappa shape index (κ1) is 15.9. The van der Waals surface area contributed by atoms with Gasteiger partial charge in [0.25, 0.3) is 0 Å². The summed E-state index contributed by atoms with van der Waals surface area (Å²) in [5, 5.41) is 8.86. The third-order valence-corrected chi connectivity index (χ3v) is 2.57. The SMILES string of the molecule is CCOC(=O)CN(CCOC)c1cc(F)cc(C#N)c1. The van der Waals surface area contributed by atoms with Gasteiger partial charge < -0.3 is 14.4 Å². The van der Waals surface area contributed by atoms with Gasteiger partial charge in [0.05, 0.1) is 24.8 Å². The monoisotopic (exact) mass is 280 g/mol. The second kappa shape index (κ2) is 8.12. The molecule has 1 aromatic carbocycles. The fourth-order valence-corrected chi connectivity index (χ4v) is 1.68. The Hall–Kier alpha value is -2.13. The summed E-state index contributed by atoms with van der Waals surface area (Å²) in [6.07, 6.45) is 0. The summed E-state index contributed by atoms with van der Waals surface area (Å²) in [6.45, 7) is 2.74. The van der Waals surface area contributed by atoms with Crippen molar-refractivity contribution in [1.29, 1.82) is 5.26 Å². The predicted molar refractivity (Wildman–Crippen MR) is 71.8 cm³/mol. The van der Waals surface area contributed by atoms with Gasteiger partial charge in [0.15, 0.2) is 0 Å². The van der Waals surface area contributed by atoms with Crippen LogP contribution >= 0.6 is 0 Å². The number of hydrogen-bond donors (Lipinski definition) is 0. The minimum atomic E-state index is -0.523. The van der Waals surface area contributed by atoms with Crippen molar-refractivity contribution in [2.24, 2.45) is 0 Å². The molecular weight excluding hydrogens is 263 g/mol. The van der Waals surface area contributed by atoms with E-state index in [-0.39, 0.29) is 18.7 Å². The van der Waals surface area contributed by atoms with E-state index in [0.717, 1.165) is 6.07 Å². The molecule has 0 aliphatic rings. The van der Waals surface area contributed by atoms with E-state index in [1.54, 1.807) is 11.8 Å².